The van der Waals surface area contributed by atoms with Gasteiger partial charge in [0.1, 0.15) is 0 Å². The summed E-state index contributed by atoms with van der Waals surface area (Å²) in [7, 11) is 0. The molecule has 1 aliphatic heterocycles. The van der Waals surface area contributed by atoms with E-state index in [1.807, 2.05) is 0 Å². The first-order chi connectivity index (χ1) is 10.1. The quantitative estimate of drug-likeness (QED) is 0.907. The molecule has 1 aliphatic rings. The number of hydrogen-bond acceptors (Lipinski definition) is 2. The molecule has 0 saturated heterocycles. The summed E-state index contributed by atoms with van der Waals surface area (Å²) in [5, 5.41) is 2.96. The van der Waals surface area contributed by atoms with Crippen LogP contribution in [0.4, 0.5) is 5.69 Å². The summed E-state index contributed by atoms with van der Waals surface area (Å²) in [6.07, 6.45) is 1.39. The Kier molecular flexibility index (Phi) is 3.52. The van der Waals surface area contributed by atoms with Gasteiger partial charge in [-0.3, -0.25) is 4.79 Å². The highest BCUT2D eigenvalue weighted by Gasteiger charge is 2.24. The van der Waals surface area contributed by atoms with E-state index in [-0.39, 0.29) is 11.9 Å². The van der Waals surface area contributed by atoms with E-state index in [1.54, 1.807) is 0 Å². The van der Waals surface area contributed by atoms with Crippen molar-refractivity contribution >= 4 is 11.6 Å². The van der Waals surface area contributed by atoms with Gasteiger partial charge in [0, 0.05) is 5.69 Å². The molecule has 1 atom stereocenters. The summed E-state index contributed by atoms with van der Waals surface area (Å²) < 4.78 is 0. The lowest BCUT2D eigenvalue weighted by Crippen LogP contribution is -2.15. The van der Waals surface area contributed by atoms with Crippen LogP contribution in [0.1, 0.15) is 40.8 Å². The molecule has 1 heterocycles. The second-order valence-corrected chi connectivity index (χ2v) is 5.69. The number of amides is 1. The predicted molar refractivity (Wildman–Crippen MR) is 85.4 cm³/mol. The predicted octanol–water partition coefficient (Wildman–Crippen LogP) is 3.10. The normalized spacial score (nSPS) is 14.7. The Hall–Kier alpha value is -2.13. The van der Waals surface area contributed by atoms with E-state index in [9.17, 15) is 4.79 Å². The van der Waals surface area contributed by atoms with Gasteiger partial charge >= 0.3 is 0 Å². The van der Waals surface area contributed by atoms with Crippen molar-refractivity contribution in [1.29, 1.82) is 0 Å². The molecule has 0 aromatic heterocycles. The van der Waals surface area contributed by atoms with Gasteiger partial charge in [-0.1, -0.05) is 48.9 Å². The molecule has 0 aliphatic carbocycles. The summed E-state index contributed by atoms with van der Waals surface area (Å²) in [5.74, 6) is 0.0515. The molecule has 3 heteroatoms. The lowest BCUT2D eigenvalue weighted by Gasteiger charge is -2.18. The molecule has 0 spiro atoms. The lowest BCUT2D eigenvalue weighted by molar-refractivity contribution is -0.115. The largest absolute Gasteiger partial charge is 0.325 e. The van der Waals surface area contributed by atoms with Gasteiger partial charge in [0.15, 0.2) is 0 Å². The Bertz CT molecular complexity index is 689. The van der Waals surface area contributed by atoms with Crippen LogP contribution >= 0.6 is 0 Å². The van der Waals surface area contributed by atoms with Gasteiger partial charge in [-0.05, 0) is 35.6 Å². The molecule has 2 aromatic rings. The van der Waals surface area contributed by atoms with Crippen molar-refractivity contribution in [3.63, 3.8) is 0 Å². The molecule has 3 rings (SSSR count). The molecular formula is C18H20N2O. The SMILES string of the molecule is CCc1cc2c(c(C(N)c3ccc(C)cc3)c1)NC(=O)C2. The van der Waals surface area contributed by atoms with Crippen molar-refractivity contribution in [2.24, 2.45) is 5.73 Å². The van der Waals surface area contributed by atoms with Gasteiger partial charge in [0.05, 0.1) is 12.5 Å². The molecule has 0 fully saturated rings. The number of carbonyl (C=O) groups excluding carboxylic acids is 1. The zero-order valence-corrected chi connectivity index (χ0v) is 12.4. The standard InChI is InChI=1S/C18H20N2O/c1-3-12-8-14-10-16(21)20-18(14)15(9-12)17(19)13-6-4-11(2)5-7-13/h4-9,17H,3,10,19H2,1-2H3,(H,20,21). The van der Waals surface area contributed by atoms with Gasteiger partial charge in [-0.25, -0.2) is 0 Å². The van der Waals surface area contributed by atoms with Crippen LogP contribution in [-0.2, 0) is 17.6 Å². The van der Waals surface area contributed by atoms with Crippen LogP contribution in [0, 0.1) is 6.92 Å². The highest BCUT2D eigenvalue weighted by Crippen LogP contribution is 2.34. The fourth-order valence-corrected chi connectivity index (χ4v) is 2.85. The van der Waals surface area contributed by atoms with Crippen LogP contribution in [0.2, 0.25) is 0 Å². The van der Waals surface area contributed by atoms with Crippen LogP contribution in [0.15, 0.2) is 36.4 Å². The Morgan fingerprint density at radius 3 is 2.62 bits per heavy atom. The molecule has 1 unspecified atom stereocenters. The van der Waals surface area contributed by atoms with Crippen LogP contribution < -0.4 is 11.1 Å². The zero-order chi connectivity index (χ0) is 15.0. The van der Waals surface area contributed by atoms with Crippen molar-refractivity contribution in [3.8, 4) is 0 Å². The molecule has 0 bridgehead atoms. The zero-order valence-electron chi connectivity index (χ0n) is 12.4. The minimum absolute atomic E-state index is 0.0515. The molecule has 0 radical (unpaired) electrons. The van der Waals surface area contributed by atoms with Crippen molar-refractivity contribution < 1.29 is 4.79 Å². The van der Waals surface area contributed by atoms with Gasteiger partial charge in [0.25, 0.3) is 0 Å². The number of aryl methyl sites for hydroxylation is 2. The number of nitrogens with two attached hydrogens (primary N) is 1. The Balaban J connectivity index is 2.07. The fraction of sp³-hybridized carbons (Fsp3) is 0.278. The second kappa shape index (κ2) is 5.34. The minimum atomic E-state index is -0.218. The number of carbonyl (C=O) groups is 1. The van der Waals surface area contributed by atoms with Gasteiger partial charge in [-0.2, -0.15) is 0 Å². The minimum Gasteiger partial charge on any atom is -0.325 e. The first-order valence-corrected chi connectivity index (χ1v) is 7.36. The third kappa shape index (κ3) is 2.57. The maximum atomic E-state index is 11.7. The van der Waals surface area contributed by atoms with Crippen LogP contribution in [0.25, 0.3) is 0 Å². The van der Waals surface area contributed by atoms with Crippen molar-refractivity contribution in [1.82, 2.24) is 0 Å². The average molecular weight is 280 g/mol. The summed E-state index contributed by atoms with van der Waals surface area (Å²) in [4.78, 5) is 11.7. The summed E-state index contributed by atoms with van der Waals surface area (Å²) in [6, 6.07) is 12.3. The molecule has 108 valence electrons. The number of fused-ring (bicyclic) bond motifs is 1. The van der Waals surface area contributed by atoms with Gasteiger partial charge in [0.2, 0.25) is 5.91 Å². The Morgan fingerprint density at radius 2 is 1.95 bits per heavy atom. The number of hydrogen-bond donors (Lipinski definition) is 2. The van der Waals surface area contributed by atoms with Crippen molar-refractivity contribution in [2.75, 3.05) is 5.32 Å². The van der Waals surface area contributed by atoms with E-state index in [1.165, 1.54) is 11.1 Å². The van der Waals surface area contributed by atoms with Crippen LogP contribution in [-0.4, -0.2) is 5.91 Å². The Morgan fingerprint density at radius 1 is 1.24 bits per heavy atom. The van der Waals surface area contributed by atoms with E-state index in [4.69, 9.17) is 5.73 Å². The van der Waals surface area contributed by atoms with E-state index < -0.39 is 0 Å². The fourth-order valence-electron chi connectivity index (χ4n) is 2.85. The number of rotatable bonds is 3. The lowest BCUT2D eigenvalue weighted by atomic mass is 9.93. The average Bonchev–Trinajstić information content (AvgIpc) is 2.86. The molecule has 2 aromatic carbocycles. The first-order valence-electron chi connectivity index (χ1n) is 7.36. The number of benzene rings is 2. The monoisotopic (exact) mass is 280 g/mol. The molecule has 1 amide bonds. The maximum Gasteiger partial charge on any atom is 0.228 e. The first kappa shape index (κ1) is 13.8. The molecule has 3 nitrogen and oxygen atoms in total. The van der Waals surface area contributed by atoms with E-state index in [0.29, 0.717) is 6.42 Å². The van der Waals surface area contributed by atoms with E-state index in [2.05, 4.69) is 55.6 Å². The highest BCUT2D eigenvalue weighted by atomic mass is 16.1. The third-order valence-corrected chi connectivity index (χ3v) is 4.11. The Labute approximate surface area is 125 Å². The summed E-state index contributed by atoms with van der Waals surface area (Å²) >= 11 is 0. The topological polar surface area (TPSA) is 55.1 Å². The van der Waals surface area contributed by atoms with E-state index >= 15 is 0 Å². The number of anilines is 1. The van der Waals surface area contributed by atoms with Crippen molar-refractivity contribution in [2.45, 2.75) is 32.7 Å². The summed E-state index contributed by atoms with van der Waals surface area (Å²) in [6.45, 7) is 4.18. The molecular weight excluding hydrogens is 260 g/mol. The third-order valence-electron chi connectivity index (χ3n) is 4.11. The molecule has 21 heavy (non-hydrogen) atoms. The van der Waals surface area contributed by atoms with E-state index in [0.717, 1.165) is 28.8 Å². The molecule has 3 N–H and O–H groups in total. The van der Waals surface area contributed by atoms with Gasteiger partial charge < -0.3 is 11.1 Å². The maximum absolute atomic E-state index is 11.7. The van der Waals surface area contributed by atoms with Crippen molar-refractivity contribution in [3.05, 3.63) is 64.2 Å². The number of nitrogens with one attached hydrogen (secondary N) is 1. The molecule has 0 saturated carbocycles. The van der Waals surface area contributed by atoms with Crippen LogP contribution in [0.3, 0.4) is 0 Å². The highest BCUT2D eigenvalue weighted by molar-refractivity contribution is 6.00. The summed E-state index contributed by atoms with van der Waals surface area (Å²) in [5.41, 5.74) is 13.0. The smallest absolute Gasteiger partial charge is 0.228 e. The second-order valence-electron chi connectivity index (χ2n) is 5.69. The van der Waals surface area contributed by atoms with Gasteiger partial charge in [-0.15, -0.1) is 0 Å². The van der Waals surface area contributed by atoms with Crippen LogP contribution in [0.5, 0.6) is 0 Å².